The molecule has 2 rings (SSSR count). The van der Waals surface area contributed by atoms with Crippen molar-refractivity contribution in [2.75, 3.05) is 7.11 Å². The second-order valence-electron chi connectivity index (χ2n) is 3.50. The molecule has 0 radical (unpaired) electrons. The van der Waals surface area contributed by atoms with Gasteiger partial charge in [-0.3, -0.25) is 4.79 Å². The fourth-order valence-electron chi connectivity index (χ4n) is 1.48. The lowest BCUT2D eigenvalue weighted by atomic mass is 10.1. The number of methoxy groups -OCH3 is 1. The average molecular weight is 332 g/mol. The van der Waals surface area contributed by atoms with Crippen molar-refractivity contribution in [1.82, 2.24) is 9.55 Å². The molecule has 0 saturated carbocycles. The molecule has 0 amide bonds. The summed E-state index contributed by atoms with van der Waals surface area (Å²) in [5, 5.41) is 0. The van der Waals surface area contributed by atoms with E-state index in [9.17, 15) is 4.79 Å². The number of benzene rings is 1. The molecule has 0 aliphatic heterocycles. The van der Waals surface area contributed by atoms with Crippen LogP contribution in [0.5, 0.6) is 5.75 Å². The van der Waals surface area contributed by atoms with E-state index in [0.717, 1.165) is 10.2 Å². The molecule has 0 aliphatic rings. The molecule has 0 N–H and O–H groups in total. The number of nitrogens with zero attached hydrogens (tertiary/aromatic N) is 2. The number of rotatable bonds is 4. The van der Waals surface area contributed by atoms with Gasteiger partial charge in [0.1, 0.15) is 5.75 Å². The molecule has 1 aromatic heterocycles. The van der Waals surface area contributed by atoms with Gasteiger partial charge in [-0.1, -0.05) is 0 Å². The molecule has 2 aromatic rings. The van der Waals surface area contributed by atoms with E-state index < -0.39 is 0 Å². The van der Waals surface area contributed by atoms with Crippen LogP contribution >= 0.6 is 28.3 Å². The highest BCUT2D eigenvalue weighted by atomic mass is 79.9. The first-order chi connectivity index (χ1) is 8.20. The summed E-state index contributed by atoms with van der Waals surface area (Å²) >= 11 is 3.37. The van der Waals surface area contributed by atoms with Gasteiger partial charge >= 0.3 is 0 Å². The van der Waals surface area contributed by atoms with Crippen LogP contribution in [-0.2, 0) is 6.54 Å². The lowest BCUT2D eigenvalue weighted by Crippen LogP contribution is -2.09. The van der Waals surface area contributed by atoms with E-state index in [2.05, 4.69) is 20.9 Å². The molecular formula is C12H12BrClN2O2. The van der Waals surface area contributed by atoms with Crippen LogP contribution in [-0.4, -0.2) is 22.4 Å². The predicted octanol–water partition coefficient (Wildman–Crippen LogP) is 2.96. The number of carbonyl (C=O) groups excluding carboxylic acids is 1. The normalized spacial score (nSPS) is 9.67. The lowest BCUT2D eigenvalue weighted by molar-refractivity contribution is 0.0971. The molecule has 0 bridgehead atoms. The fourth-order valence-corrected chi connectivity index (χ4v) is 2.06. The molecule has 18 heavy (non-hydrogen) atoms. The van der Waals surface area contributed by atoms with Crippen LogP contribution in [0.25, 0.3) is 0 Å². The van der Waals surface area contributed by atoms with Gasteiger partial charge in [-0.15, -0.1) is 12.4 Å². The number of ketones is 1. The second-order valence-corrected chi connectivity index (χ2v) is 4.36. The minimum atomic E-state index is 0. The fraction of sp³-hybridized carbons (Fsp3) is 0.167. The van der Waals surface area contributed by atoms with Gasteiger partial charge in [-0.25, -0.2) is 4.98 Å². The van der Waals surface area contributed by atoms with Crippen molar-refractivity contribution in [3.8, 4) is 5.75 Å². The lowest BCUT2D eigenvalue weighted by Gasteiger charge is -2.06. The molecule has 0 spiro atoms. The first-order valence-electron chi connectivity index (χ1n) is 5.03. The number of aromatic nitrogens is 2. The summed E-state index contributed by atoms with van der Waals surface area (Å²) in [4.78, 5) is 15.9. The van der Waals surface area contributed by atoms with Gasteiger partial charge in [0, 0.05) is 22.4 Å². The average Bonchev–Trinajstić information content (AvgIpc) is 2.81. The van der Waals surface area contributed by atoms with E-state index in [1.165, 1.54) is 0 Å². The van der Waals surface area contributed by atoms with Gasteiger partial charge in [0.25, 0.3) is 0 Å². The van der Waals surface area contributed by atoms with Gasteiger partial charge in [0.15, 0.2) is 5.78 Å². The largest absolute Gasteiger partial charge is 0.497 e. The van der Waals surface area contributed by atoms with Crippen LogP contribution in [0.15, 0.2) is 41.4 Å². The zero-order valence-electron chi connectivity index (χ0n) is 9.67. The third kappa shape index (κ3) is 3.34. The van der Waals surface area contributed by atoms with E-state index in [1.807, 2.05) is 0 Å². The number of hydrogen-bond acceptors (Lipinski definition) is 3. The molecular weight excluding hydrogens is 320 g/mol. The maximum atomic E-state index is 12.0. The highest BCUT2D eigenvalue weighted by molar-refractivity contribution is 9.10. The minimum absolute atomic E-state index is 0. The Labute approximate surface area is 120 Å². The number of halogens is 2. The first kappa shape index (κ1) is 14.7. The summed E-state index contributed by atoms with van der Waals surface area (Å²) in [5.41, 5.74) is 0.638. The van der Waals surface area contributed by atoms with Gasteiger partial charge in [-0.05, 0) is 34.1 Å². The van der Waals surface area contributed by atoms with Crippen LogP contribution in [0.1, 0.15) is 10.4 Å². The monoisotopic (exact) mass is 330 g/mol. The number of Topliss-reactive ketones (excluding diaryl/α,β-unsaturated/α-hetero) is 1. The van der Waals surface area contributed by atoms with Gasteiger partial charge in [0.2, 0.25) is 0 Å². The zero-order chi connectivity index (χ0) is 12.3. The number of imidazole rings is 1. The van der Waals surface area contributed by atoms with E-state index in [1.54, 1.807) is 48.6 Å². The SMILES string of the molecule is COc1ccc(C(=O)Cn2ccnc2)c(Br)c1.Cl. The van der Waals surface area contributed by atoms with Crippen molar-refractivity contribution in [3.63, 3.8) is 0 Å². The molecule has 0 aliphatic carbocycles. The third-order valence-electron chi connectivity index (χ3n) is 2.36. The highest BCUT2D eigenvalue weighted by Gasteiger charge is 2.11. The summed E-state index contributed by atoms with van der Waals surface area (Å²) in [6.07, 6.45) is 5.03. The van der Waals surface area contributed by atoms with Crippen molar-refractivity contribution < 1.29 is 9.53 Å². The zero-order valence-corrected chi connectivity index (χ0v) is 12.1. The van der Waals surface area contributed by atoms with Crippen molar-refractivity contribution in [1.29, 1.82) is 0 Å². The first-order valence-corrected chi connectivity index (χ1v) is 5.82. The van der Waals surface area contributed by atoms with Crippen LogP contribution < -0.4 is 4.74 Å². The quantitative estimate of drug-likeness (QED) is 0.809. The van der Waals surface area contributed by atoms with Crippen LogP contribution in [0.4, 0.5) is 0 Å². The Balaban J connectivity index is 0.00000162. The Hall–Kier alpha value is -1.33. The van der Waals surface area contributed by atoms with Crippen molar-refractivity contribution in [3.05, 3.63) is 47.0 Å². The summed E-state index contributed by atoms with van der Waals surface area (Å²) in [6.45, 7) is 0.283. The van der Waals surface area contributed by atoms with Crippen molar-refractivity contribution in [2.24, 2.45) is 0 Å². The molecule has 4 nitrogen and oxygen atoms in total. The maximum Gasteiger partial charge on any atom is 0.183 e. The van der Waals surface area contributed by atoms with Gasteiger partial charge in [0.05, 0.1) is 20.0 Å². The number of ether oxygens (including phenoxy) is 1. The van der Waals surface area contributed by atoms with E-state index in [4.69, 9.17) is 4.74 Å². The smallest absolute Gasteiger partial charge is 0.183 e. The topological polar surface area (TPSA) is 44.1 Å². The third-order valence-corrected chi connectivity index (χ3v) is 3.02. The molecule has 1 heterocycles. The predicted molar refractivity (Wildman–Crippen MR) is 74.5 cm³/mol. The van der Waals surface area contributed by atoms with E-state index >= 15 is 0 Å². The Morgan fingerprint density at radius 1 is 1.50 bits per heavy atom. The minimum Gasteiger partial charge on any atom is -0.497 e. The Morgan fingerprint density at radius 2 is 2.28 bits per heavy atom. The Kier molecular flexibility index (Phi) is 5.37. The highest BCUT2D eigenvalue weighted by Crippen LogP contribution is 2.23. The molecule has 0 unspecified atom stereocenters. The summed E-state index contributed by atoms with van der Waals surface area (Å²) in [7, 11) is 1.59. The van der Waals surface area contributed by atoms with E-state index in [-0.39, 0.29) is 24.7 Å². The molecule has 0 atom stereocenters. The number of hydrogen-bond donors (Lipinski definition) is 0. The van der Waals surface area contributed by atoms with Crippen LogP contribution in [0.2, 0.25) is 0 Å². The summed E-state index contributed by atoms with van der Waals surface area (Å²) in [5.74, 6) is 0.744. The molecule has 96 valence electrons. The van der Waals surface area contributed by atoms with Crippen LogP contribution in [0.3, 0.4) is 0 Å². The summed E-state index contributed by atoms with van der Waals surface area (Å²) in [6, 6.07) is 5.30. The van der Waals surface area contributed by atoms with E-state index in [0.29, 0.717) is 5.56 Å². The number of carbonyl (C=O) groups is 1. The Bertz CT molecular complexity index is 529. The molecule has 1 aromatic carbocycles. The second kappa shape index (κ2) is 6.56. The van der Waals surface area contributed by atoms with Gasteiger partial charge < -0.3 is 9.30 Å². The molecule has 0 saturated heterocycles. The summed E-state index contributed by atoms with van der Waals surface area (Å²) < 4.78 is 7.55. The van der Waals surface area contributed by atoms with Crippen molar-refractivity contribution in [2.45, 2.75) is 6.54 Å². The Morgan fingerprint density at radius 3 is 2.83 bits per heavy atom. The molecule has 6 heteroatoms. The maximum absolute atomic E-state index is 12.0. The standard InChI is InChI=1S/C12H11BrN2O2.ClH/c1-17-9-2-3-10(11(13)6-9)12(16)7-15-5-4-14-8-15;/h2-6,8H,7H2,1H3;1H. The molecule has 0 fully saturated rings. The van der Waals surface area contributed by atoms with Gasteiger partial charge in [-0.2, -0.15) is 0 Å². The van der Waals surface area contributed by atoms with Crippen LogP contribution in [0, 0.1) is 0 Å². The van der Waals surface area contributed by atoms with Crippen molar-refractivity contribution >= 4 is 34.1 Å².